The molecule has 0 saturated carbocycles. The third kappa shape index (κ3) is 27.2. The van der Waals surface area contributed by atoms with Crippen LogP contribution in [0.25, 0.3) is 0 Å². The van der Waals surface area contributed by atoms with Gasteiger partial charge in [-0.15, -0.1) is 0 Å². The largest absolute Gasteiger partial charge is 0.353 e. The standard InChI is InChI=1S/C29H57NO/c1-3-5-6-7-8-9-10-11-12-13-14-15-16-17-18-19-20-21-22-23-24-25-26-27-28-30-29(31)4-2/h4H,2-3,5-28H2,1H3,(H,30,31). The highest BCUT2D eigenvalue weighted by Gasteiger charge is 1.96. The number of rotatable bonds is 26. The lowest BCUT2D eigenvalue weighted by molar-refractivity contribution is -0.116. The summed E-state index contributed by atoms with van der Waals surface area (Å²) < 4.78 is 0. The van der Waals surface area contributed by atoms with E-state index >= 15 is 0 Å². The molecule has 0 aromatic rings. The first-order valence-corrected chi connectivity index (χ1v) is 14.2. The third-order valence-corrected chi connectivity index (χ3v) is 6.51. The summed E-state index contributed by atoms with van der Waals surface area (Å²) in [6.45, 7) is 6.55. The first-order chi connectivity index (χ1) is 15.3. The van der Waals surface area contributed by atoms with Gasteiger partial charge in [0, 0.05) is 6.54 Å². The molecular weight excluding hydrogens is 378 g/mol. The quantitative estimate of drug-likeness (QED) is 0.106. The van der Waals surface area contributed by atoms with E-state index in [0.717, 1.165) is 13.0 Å². The predicted octanol–water partition coefficient (Wildman–Crippen LogP) is 9.67. The highest BCUT2D eigenvalue weighted by molar-refractivity contribution is 5.86. The van der Waals surface area contributed by atoms with Gasteiger partial charge in [0.15, 0.2) is 0 Å². The van der Waals surface area contributed by atoms with Gasteiger partial charge in [0.1, 0.15) is 0 Å². The maximum Gasteiger partial charge on any atom is 0.243 e. The lowest BCUT2D eigenvalue weighted by atomic mass is 10.0. The SMILES string of the molecule is C=CC(=O)NCCCCCCCCCCCCCCCCCCCCCCCCCC. The van der Waals surface area contributed by atoms with Crippen molar-refractivity contribution < 1.29 is 4.79 Å². The molecule has 0 radical (unpaired) electrons. The summed E-state index contributed by atoms with van der Waals surface area (Å²) >= 11 is 0. The molecule has 1 amide bonds. The van der Waals surface area contributed by atoms with E-state index in [1.165, 1.54) is 154 Å². The van der Waals surface area contributed by atoms with Crippen LogP contribution >= 0.6 is 0 Å². The van der Waals surface area contributed by atoms with Crippen LogP contribution in [-0.4, -0.2) is 12.5 Å². The van der Waals surface area contributed by atoms with E-state index < -0.39 is 0 Å². The van der Waals surface area contributed by atoms with Gasteiger partial charge in [-0.2, -0.15) is 0 Å². The van der Waals surface area contributed by atoms with E-state index in [-0.39, 0.29) is 5.91 Å². The van der Waals surface area contributed by atoms with Crippen molar-refractivity contribution in [3.05, 3.63) is 12.7 Å². The Morgan fingerprint density at radius 2 is 0.774 bits per heavy atom. The third-order valence-electron chi connectivity index (χ3n) is 6.51. The van der Waals surface area contributed by atoms with E-state index in [4.69, 9.17) is 0 Å². The average molecular weight is 436 g/mol. The van der Waals surface area contributed by atoms with Crippen LogP contribution in [0.5, 0.6) is 0 Å². The Hall–Kier alpha value is -0.790. The predicted molar refractivity (Wildman–Crippen MR) is 140 cm³/mol. The van der Waals surface area contributed by atoms with Gasteiger partial charge in [-0.25, -0.2) is 0 Å². The van der Waals surface area contributed by atoms with Crippen LogP contribution < -0.4 is 5.32 Å². The van der Waals surface area contributed by atoms with E-state index in [9.17, 15) is 4.79 Å². The van der Waals surface area contributed by atoms with E-state index in [1.54, 1.807) is 0 Å². The van der Waals surface area contributed by atoms with Crippen molar-refractivity contribution in [2.45, 2.75) is 161 Å². The second-order valence-electron chi connectivity index (χ2n) is 9.63. The van der Waals surface area contributed by atoms with Crippen LogP contribution in [0, 0.1) is 0 Å². The number of amides is 1. The maximum absolute atomic E-state index is 11.0. The van der Waals surface area contributed by atoms with Crippen LogP contribution in [0.2, 0.25) is 0 Å². The molecule has 0 aromatic heterocycles. The molecule has 0 atom stereocenters. The van der Waals surface area contributed by atoms with Crippen LogP contribution in [0.4, 0.5) is 0 Å². The van der Waals surface area contributed by atoms with Crippen molar-refractivity contribution in [1.82, 2.24) is 5.32 Å². The molecule has 0 aromatic carbocycles. The van der Waals surface area contributed by atoms with Gasteiger partial charge in [0.2, 0.25) is 5.91 Å². The normalized spacial score (nSPS) is 11.0. The number of hydrogen-bond acceptors (Lipinski definition) is 1. The number of nitrogens with one attached hydrogen (secondary N) is 1. The zero-order valence-electron chi connectivity index (χ0n) is 21.4. The van der Waals surface area contributed by atoms with Crippen LogP contribution in [0.15, 0.2) is 12.7 Å². The van der Waals surface area contributed by atoms with Crippen molar-refractivity contribution in [2.24, 2.45) is 0 Å². The summed E-state index contributed by atoms with van der Waals surface area (Å²) in [6.07, 6.45) is 35.3. The van der Waals surface area contributed by atoms with Crippen molar-refractivity contribution in [2.75, 3.05) is 6.54 Å². The Kier molecular flexibility index (Phi) is 26.5. The van der Waals surface area contributed by atoms with Gasteiger partial charge in [-0.05, 0) is 12.5 Å². The molecule has 2 heteroatoms. The second-order valence-corrected chi connectivity index (χ2v) is 9.63. The molecule has 0 bridgehead atoms. The molecule has 31 heavy (non-hydrogen) atoms. The minimum absolute atomic E-state index is 0.0471. The molecule has 0 rings (SSSR count). The first kappa shape index (κ1) is 30.2. The molecule has 0 aliphatic heterocycles. The summed E-state index contributed by atoms with van der Waals surface area (Å²) in [5, 5.41) is 2.84. The molecule has 0 aliphatic carbocycles. The zero-order chi connectivity index (χ0) is 22.7. The van der Waals surface area contributed by atoms with Crippen LogP contribution in [-0.2, 0) is 4.79 Å². The van der Waals surface area contributed by atoms with Crippen molar-refractivity contribution in [1.29, 1.82) is 0 Å². The molecule has 0 saturated heterocycles. The summed E-state index contributed by atoms with van der Waals surface area (Å²) in [7, 11) is 0. The molecule has 0 spiro atoms. The van der Waals surface area contributed by atoms with Gasteiger partial charge in [0.25, 0.3) is 0 Å². The lowest BCUT2D eigenvalue weighted by Crippen LogP contribution is -2.21. The van der Waals surface area contributed by atoms with Crippen LogP contribution in [0.1, 0.15) is 161 Å². The molecule has 1 N–H and O–H groups in total. The van der Waals surface area contributed by atoms with Crippen molar-refractivity contribution in [3.8, 4) is 0 Å². The number of unbranched alkanes of at least 4 members (excludes halogenated alkanes) is 23. The van der Waals surface area contributed by atoms with Crippen LogP contribution in [0.3, 0.4) is 0 Å². The van der Waals surface area contributed by atoms with E-state index in [1.807, 2.05) is 0 Å². The fourth-order valence-electron chi connectivity index (χ4n) is 4.37. The highest BCUT2D eigenvalue weighted by atomic mass is 16.1. The van der Waals surface area contributed by atoms with Gasteiger partial charge < -0.3 is 5.32 Å². The van der Waals surface area contributed by atoms with Gasteiger partial charge in [-0.1, -0.05) is 161 Å². The number of carbonyl (C=O) groups excluding carboxylic acids is 1. The summed E-state index contributed by atoms with van der Waals surface area (Å²) in [5.41, 5.74) is 0. The zero-order valence-corrected chi connectivity index (χ0v) is 21.4. The van der Waals surface area contributed by atoms with Gasteiger partial charge >= 0.3 is 0 Å². The summed E-state index contributed by atoms with van der Waals surface area (Å²) in [5.74, 6) is -0.0471. The topological polar surface area (TPSA) is 29.1 Å². The molecule has 184 valence electrons. The minimum Gasteiger partial charge on any atom is -0.353 e. The summed E-state index contributed by atoms with van der Waals surface area (Å²) in [4.78, 5) is 11.0. The monoisotopic (exact) mass is 435 g/mol. The van der Waals surface area contributed by atoms with E-state index in [0.29, 0.717) is 0 Å². The minimum atomic E-state index is -0.0471. The smallest absolute Gasteiger partial charge is 0.243 e. The molecular formula is C29H57NO. The van der Waals surface area contributed by atoms with E-state index in [2.05, 4.69) is 18.8 Å². The fourth-order valence-corrected chi connectivity index (χ4v) is 4.37. The fraction of sp³-hybridized carbons (Fsp3) is 0.897. The maximum atomic E-state index is 11.0. The number of hydrogen-bond donors (Lipinski definition) is 1. The van der Waals surface area contributed by atoms with Gasteiger partial charge in [0.05, 0.1) is 0 Å². The average Bonchev–Trinajstić information content (AvgIpc) is 2.78. The molecule has 0 aliphatic rings. The molecule has 0 fully saturated rings. The Bertz CT molecular complexity index is 366. The first-order valence-electron chi connectivity index (χ1n) is 14.2. The number of carbonyl (C=O) groups is 1. The Morgan fingerprint density at radius 1 is 0.516 bits per heavy atom. The molecule has 0 unspecified atom stereocenters. The lowest BCUT2D eigenvalue weighted by Gasteiger charge is -2.04. The highest BCUT2D eigenvalue weighted by Crippen LogP contribution is 2.15. The Morgan fingerprint density at radius 3 is 1.03 bits per heavy atom. The second kappa shape index (κ2) is 27.2. The Balaban J connectivity index is 3.02. The molecule has 0 heterocycles. The van der Waals surface area contributed by atoms with Gasteiger partial charge in [-0.3, -0.25) is 4.79 Å². The van der Waals surface area contributed by atoms with Crippen molar-refractivity contribution >= 4 is 5.91 Å². The van der Waals surface area contributed by atoms with Crippen molar-refractivity contribution in [3.63, 3.8) is 0 Å². The molecule has 2 nitrogen and oxygen atoms in total. The Labute approximate surface area is 196 Å². The summed E-state index contributed by atoms with van der Waals surface area (Å²) in [6, 6.07) is 0.